The highest BCUT2D eigenvalue weighted by molar-refractivity contribution is 5.13. The van der Waals surface area contributed by atoms with Gasteiger partial charge in [-0.25, -0.2) is 0 Å². The van der Waals surface area contributed by atoms with Crippen molar-refractivity contribution in [3.8, 4) is 0 Å². The van der Waals surface area contributed by atoms with Crippen molar-refractivity contribution < 1.29 is 0 Å². The Morgan fingerprint density at radius 2 is 1.92 bits per heavy atom. The number of hydrogen-bond acceptors (Lipinski definition) is 2. The monoisotopic (exact) mass is 164 g/mol. The summed E-state index contributed by atoms with van der Waals surface area (Å²) in [6, 6.07) is 0. The molecule has 0 atom stereocenters. The number of nitrogens with one attached hydrogen (secondary N) is 2. The molecule has 0 fully saturated rings. The lowest BCUT2D eigenvalue weighted by Crippen LogP contribution is -2.26. The Labute approximate surface area is 74.4 Å². The molecule has 0 spiro atoms. The van der Waals surface area contributed by atoms with Gasteiger partial charge in [0.05, 0.1) is 6.67 Å². The molecule has 12 heavy (non-hydrogen) atoms. The van der Waals surface area contributed by atoms with Crippen LogP contribution in [-0.4, -0.2) is 6.67 Å². The third-order valence-corrected chi connectivity index (χ3v) is 1.39. The van der Waals surface area contributed by atoms with Crippen molar-refractivity contribution in [2.45, 2.75) is 6.92 Å². The van der Waals surface area contributed by atoms with Gasteiger partial charge < -0.3 is 10.6 Å². The molecule has 2 heteroatoms. The molecule has 2 nitrogen and oxygen atoms in total. The lowest BCUT2D eigenvalue weighted by molar-refractivity contribution is 0.730. The Balaban J connectivity index is 3.62. The highest BCUT2D eigenvalue weighted by Gasteiger charge is 1.87. The summed E-state index contributed by atoms with van der Waals surface area (Å²) in [7, 11) is 0. The SMILES string of the molecule is C=CC(=C)NCN/C(C=C)=C/C. The Hall–Kier alpha value is -1.44. The fourth-order valence-electron chi connectivity index (χ4n) is 0.624. The average Bonchev–Trinajstić information content (AvgIpc) is 2.12. The summed E-state index contributed by atoms with van der Waals surface area (Å²) in [6.07, 6.45) is 5.38. The molecule has 0 bridgehead atoms. The molecule has 0 aliphatic carbocycles. The van der Waals surface area contributed by atoms with Crippen molar-refractivity contribution in [3.63, 3.8) is 0 Å². The minimum absolute atomic E-state index is 0.635. The third-order valence-electron chi connectivity index (χ3n) is 1.39. The van der Waals surface area contributed by atoms with Gasteiger partial charge in [-0.15, -0.1) is 0 Å². The molecule has 0 heterocycles. The largest absolute Gasteiger partial charge is 0.368 e. The van der Waals surface area contributed by atoms with Crippen LogP contribution in [0.25, 0.3) is 0 Å². The van der Waals surface area contributed by atoms with E-state index in [4.69, 9.17) is 0 Å². The van der Waals surface area contributed by atoms with Gasteiger partial charge in [0.15, 0.2) is 0 Å². The van der Waals surface area contributed by atoms with E-state index in [1.165, 1.54) is 0 Å². The predicted octanol–water partition coefficient (Wildman–Crippen LogP) is 1.91. The summed E-state index contributed by atoms with van der Waals surface area (Å²) in [4.78, 5) is 0. The zero-order valence-electron chi connectivity index (χ0n) is 7.56. The van der Waals surface area contributed by atoms with E-state index in [9.17, 15) is 0 Å². The zero-order chi connectivity index (χ0) is 9.40. The predicted molar refractivity (Wildman–Crippen MR) is 54.4 cm³/mol. The van der Waals surface area contributed by atoms with Crippen molar-refractivity contribution in [2.75, 3.05) is 6.67 Å². The van der Waals surface area contributed by atoms with Gasteiger partial charge in [-0.3, -0.25) is 0 Å². The second kappa shape index (κ2) is 6.28. The first-order chi connectivity index (χ1) is 5.74. The normalized spacial score (nSPS) is 10.2. The zero-order valence-corrected chi connectivity index (χ0v) is 7.56. The molecule has 0 saturated heterocycles. The highest BCUT2D eigenvalue weighted by Crippen LogP contribution is 1.87. The van der Waals surface area contributed by atoms with Crippen LogP contribution in [0.5, 0.6) is 0 Å². The second-order valence-corrected chi connectivity index (χ2v) is 2.21. The van der Waals surface area contributed by atoms with Crippen molar-refractivity contribution in [1.29, 1.82) is 0 Å². The first-order valence-corrected chi connectivity index (χ1v) is 3.82. The fraction of sp³-hybridized carbons (Fsp3) is 0.200. The van der Waals surface area contributed by atoms with Crippen LogP contribution in [0.15, 0.2) is 49.4 Å². The standard InChI is InChI=1S/C10H16N2/c1-5-9(4)11-8-12-10(6-2)7-3/h5-7,11-12H,1-2,4,8H2,3H3/b10-7+. The first kappa shape index (κ1) is 10.6. The minimum atomic E-state index is 0.635. The number of rotatable bonds is 6. The van der Waals surface area contributed by atoms with Crippen LogP contribution in [0, 0.1) is 0 Å². The summed E-state index contributed by atoms with van der Waals surface area (Å²) in [5.74, 6) is 0. The smallest absolute Gasteiger partial charge is 0.0849 e. The second-order valence-electron chi connectivity index (χ2n) is 2.21. The maximum absolute atomic E-state index is 3.71. The van der Waals surface area contributed by atoms with Gasteiger partial charge in [-0.05, 0) is 19.1 Å². The molecule has 0 aliphatic heterocycles. The van der Waals surface area contributed by atoms with E-state index in [-0.39, 0.29) is 0 Å². The molecule has 0 amide bonds. The summed E-state index contributed by atoms with van der Waals surface area (Å²) in [6.45, 7) is 13.5. The Kier molecular flexibility index (Phi) is 5.53. The van der Waals surface area contributed by atoms with Gasteiger partial charge in [0.1, 0.15) is 0 Å². The van der Waals surface area contributed by atoms with Crippen molar-refractivity contribution in [1.82, 2.24) is 10.6 Å². The lowest BCUT2D eigenvalue weighted by atomic mass is 10.4. The molecule has 0 aliphatic rings. The molecule has 66 valence electrons. The number of hydrogen-bond donors (Lipinski definition) is 2. The van der Waals surface area contributed by atoms with Crippen molar-refractivity contribution in [2.24, 2.45) is 0 Å². The van der Waals surface area contributed by atoms with Crippen LogP contribution in [0.3, 0.4) is 0 Å². The van der Waals surface area contributed by atoms with Gasteiger partial charge in [0.2, 0.25) is 0 Å². The summed E-state index contributed by atoms with van der Waals surface area (Å²) >= 11 is 0. The van der Waals surface area contributed by atoms with Crippen LogP contribution in [0.2, 0.25) is 0 Å². The molecule has 0 radical (unpaired) electrons. The van der Waals surface area contributed by atoms with Gasteiger partial charge in [-0.1, -0.05) is 25.8 Å². The van der Waals surface area contributed by atoms with Gasteiger partial charge in [0.25, 0.3) is 0 Å². The van der Waals surface area contributed by atoms with E-state index in [0.29, 0.717) is 6.67 Å². The quantitative estimate of drug-likeness (QED) is 0.463. The molecule has 0 saturated carbocycles. The summed E-state index contributed by atoms with van der Waals surface area (Å²) in [5, 5.41) is 6.13. The molecule has 2 N–H and O–H groups in total. The maximum Gasteiger partial charge on any atom is 0.0849 e. The van der Waals surface area contributed by atoms with Gasteiger partial charge in [0, 0.05) is 11.4 Å². The van der Waals surface area contributed by atoms with Crippen molar-refractivity contribution >= 4 is 0 Å². The van der Waals surface area contributed by atoms with Crippen LogP contribution in [0.1, 0.15) is 6.92 Å². The van der Waals surface area contributed by atoms with Gasteiger partial charge in [-0.2, -0.15) is 0 Å². The van der Waals surface area contributed by atoms with Crippen LogP contribution in [-0.2, 0) is 0 Å². The van der Waals surface area contributed by atoms with E-state index >= 15 is 0 Å². The van der Waals surface area contributed by atoms with Crippen LogP contribution >= 0.6 is 0 Å². The summed E-state index contributed by atoms with van der Waals surface area (Å²) < 4.78 is 0. The molecule has 0 aromatic carbocycles. The van der Waals surface area contributed by atoms with Gasteiger partial charge >= 0.3 is 0 Å². The Morgan fingerprint density at radius 3 is 2.33 bits per heavy atom. The van der Waals surface area contributed by atoms with E-state index in [1.807, 2.05) is 13.0 Å². The van der Waals surface area contributed by atoms with E-state index in [1.54, 1.807) is 12.2 Å². The van der Waals surface area contributed by atoms with Crippen LogP contribution < -0.4 is 10.6 Å². The topological polar surface area (TPSA) is 24.1 Å². The third kappa shape index (κ3) is 4.39. The van der Waals surface area contributed by atoms with E-state index in [2.05, 4.69) is 30.4 Å². The molecule has 0 unspecified atom stereocenters. The minimum Gasteiger partial charge on any atom is -0.368 e. The molecular formula is C10H16N2. The maximum atomic E-state index is 3.71. The highest BCUT2D eigenvalue weighted by atomic mass is 15.1. The molecule has 0 rings (SSSR count). The molecule has 0 aromatic heterocycles. The summed E-state index contributed by atoms with van der Waals surface area (Å²) in [5.41, 5.74) is 1.81. The van der Waals surface area contributed by atoms with Crippen molar-refractivity contribution in [3.05, 3.63) is 49.4 Å². The van der Waals surface area contributed by atoms with E-state index < -0.39 is 0 Å². The lowest BCUT2D eigenvalue weighted by Gasteiger charge is -2.08. The molecule has 0 aromatic rings. The fourth-order valence-corrected chi connectivity index (χ4v) is 0.624. The Morgan fingerprint density at radius 1 is 1.25 bits per heavy atom. The Bertz CT molecular complexity index is 202. The average molecular weight is 164 g/mol. The van der Waals surface area contributed by atoms with E-state index in [0.717, 1.165) is 11.4 Å². The first-order valence-electron chi connectivity index (χ1n) is 3.82. The molecular weight excluding hydrogens is 148 g/mol. The number of allylic oxidation sites excluding steroid dienone is 3. The van der Waals surface area contributed by atoms with Crippen LogP contribution in [0.4, 0.5) is 0 Å².